The van der Waals surface area contributed by atoms with E-state index in [1.165, 1.54) is 0 Å². The number of nitrogens with zero attached hydrogens (tertiary/aromatic N) is 1. The third kappa shape index (κ3) is 3.65. The van der Waals surface area contributed by atoms with Gasteiger partial charge in [-0.15, -0.1) is 11.8 Å². The molecular formula is C10H16N2OS. The van der Waals surface area contributed by atoms with E-state index in [0.29, 0.717) is 0 Å². The Balaban J connectivity index is 2.47. The summed E-state index contributed by atoms with van der Waals surface area (Å²) in [5.41, 5.74) is 6.76. The van der Waals surface area contributed by atoms with E-state index in [1.54, 1.807) is 11.8 Å². The van der Waals surface area contributed by atoms with Crippen LogP contribution in [0.1, 0.15) is 24.9 Å². The van der Waals surface area contributed by atoms with Gasteiger partial charge in [-0.1, -0.05) is 6.07 Å². The minimum absolute atomic E-state index is 0.0407. The highest BCUT2D eigenvalue weighted by Gasteiger charge is 2.00. The fourth-order valence-electron chi connectivity index (χ4n) is 0.988. The molecule has 0 saturated heterocycles. The van der Waals surface area contributed by atoms with Crippen molar-refractivity contribution in [2.75, 3.05) is 12.4 Å². The number of hydrogen-bond donors (Lipinski definition) is 2. The molecule has 1 atom stereocenters. The van der Waals surface area contributed by atoms with Crippen LogP contribution in [-0.4, -0.2) is 22.5 Å². The predicted molar refractivity (Wildman–Crippen MR) is 59.3 cm³/mol. The van der Waals surface area contributed by atoms with Gasteiger partial charge in [0.05, 0.1) is 5.03 Å². The van der Waals surface area contributed by atoms with Crippen LogP contribution in [0.4, 0.5) is 0 Å². The zero-order valence-electron chi connectivity index (χ0n) is 8.31. The zero-order chi connectivity index (χ0) is 10.4. The Morgan fingerprint density at radius 2 is 2.36 bits per heavy atom. The van der Waals surface area contributed by atoms with E-state index >= 15 is 0 Å². The van der Waals surface area contributed by atoms with Crippen molar-refractivity contribution in [2.45, 2.75) is 24.4 Å². The first kappa shape index (κ1) is 11.5. The lowest BCUT2D eigenvalue weighted by atomic mass is 10.2. The first-order chi connectivity index (χ1) is 6.74. The molecule has 0 amide bonds. The number of pyridine rings is 1. The summed E-state index contributed by atoms with van der Waals surface area (Å²) in [6, 6.07) is 4.01. The van der Waals surface area contributed by atoms with Gasteiger partial charge in [0.25, 0.3) is 0 Å². The number of aliphatic hydroxyl groups excluding tert-OH is 1. The molecule has 4 heteroatoms. The highest BCUT2D eigenvalue weighted by atomic mass is 32.2. The maximum Gasteiger partial charge on any atom is 0.0960 e. The van der Waals surface area contributed by atoms with Crippen LogP contribution < -0.4 is 5.73 Å². The summed E-state index contributed by atoms with van der Waals surface area (Å²) in [6.07, 6.45) is 2.62. The maximum absolute atomic E-state index is 8.61. The molecular weight excluding hydrogens is 196 g/mol. The van der Waals surface area contributed by atoms with Crippen LogP contribution in [0.15, 0.2) is 23.4 Å². The van der Waals surface area contributed by atoms with Crippen molar-refractivity contribution in [1.82, 2.24) is 4.98 Å². The first-order valence-electron chi connectivity index (χ1n) is 4.69. The molecule has 0 aliphatic carbocycles. The topological polar surface area (TPSA) is 59.1 Å². The second-order valence-electron chi connectivity index (χ2n) is 3.14. The Kier molecular flexibility index (Phi) is 4.93. The lowest BCUT2D eigenvalue weighted by Crippen LogP contribution is -2.05. The molecule has 0 aromatic carbocycles. The molecule has 3 N–H and O–H groups in total. The molecule has 0 saturated carbocycles. The smallest absolute Gasteiger partial charge is 0.0960 e. The number of rotatable bonds is 5. The fraction of sp³-hybridized carbons (Fsp3) is 0.500. The van der Waals surface area contributed by atoms with Gasteiger partial charge in [0.1, 0.15) is 0 Å². The minimum atomic E-state index is 0.0407. The van der Waals surface area contributed by atoms with E-state index in [4.69, 9.17) is 10.8 Å². The minimum Gasteiger partial charge on any atom is -0.396 e. The number of aromatic nitrogens is 1. The van der Waals surface area contributed by atoms with Gasteiger partial charge < -0.3 is 10.8 Å². The second kappa shape index (κ2) is 6.01. The van der Waals surface area contributed by atoms with Crippen LogP contribution in [0.3, 0.4) is 0 Å². The Labute approximate surface area is 88.7 Å². The molecule has 1 heterocycles. The highest BCUT2D eigenvalue weighted by Crippen LogP contribution is 2.17. The number of thioether (sulfide) groups is 1. The average Bonchev–Trinajstić information content (AvgIpc) is 2.19. The standard InChI is InChI=1S/C10H16N2OS/c1-8(11)9-3-4-10(12-7-9)14-6-2-5-13/h3-4,7-8,13H,2,5-6,11H2,1H3. The molecule has 14 heavy (non-hydrogen) atoms. The van der Waals surface area contributed by atoms with Crippen molar-refractivity contribution in [3.8, 4) is 0 Å². The molecule has 1 unspecified atom stereocenters. The van der Waals surface area contributed by atoms with E-state index in [0.717, 1.165) is 22.8 Å². The Bertz CT molecular complexity index is 261. The van der Waals surface area contributed by atoms with Crippen LogP contribution in [0.2, 0.25) is 0 Å². The van der Waals surface area contributed by atoms with Gasteiger partial charge in [-0.05, 0) is 25.0 Å². The summed E-state index contributed by atoms with van der Waals surface area (Å²) in [5, 5.41) is 9.60. The Morgan fingerprint density at radius 1 is 1.57 bits per heavy atom. The molecule has 1 rings (SSSR count). The van der Waals surface area contributed by atoms with E-state index < -0.39 is 0 Å². The average molecular weight is 212 g/mol. The molecule has 0 bridgehead atoms. The molecule has 0 aliphatic heterocycles. The molecule has 0 radical (unpaired) electrons. The normalized spacial score (nSPS) is 12.8. The molecule has 3 nitrogen and oxygen atoms in total. The van der Waals surface area contributed by atoms with E-state index in [-0.39, 0.29) is 12.6 Å². The number of nitrogens with two attached hydrogens (primary N) is 1. The van der Waals surface area contributed by atoms with Crippen LogP contribution in [-0.2, 0) is 0 Å². The summed E-state index contributed by atoms with van der Waals surface area (Å²) >= 11 is 1.65. The molecule has 0 aliphatic rings. The van der Waals surface area contributed by atoms with Crippen molar-refractivity contribution >= 4 is 11.8 Å². The predicted octanol–water partition coefficient (Wildman–Crippen LogP) is 1.58. The first-order valence-corrected chi connectivity index (χ1v) is 5.68. The van der Waals surface area contributed by atoms with Crippen LogP contribution >= 0.6 is 11.8 Å². The second-order valence-corrected chi connectivity index (χ2v) is 4.26. The summed E-state index contributed by atoms with van der Waals surface area (Å²) in [7, 11) is 0. The van der Waals surface area contributed by atoms with Crippen LogP contribution in [0.5, 0.6) is 0 Å². The van der Waals surface area contributed by atoms with Crippen molar-refractivity contribution in [2.24, 2.45) is 5.73 Å². The molecule has 78 valence electrons. The summed E-state index contributed by atoms with van der Waals surface area (Å²) in [4.78, 5) is 4.27. The summed E-state index contributed by atoms with van der Waals surface area (Å²) < 4.78 is 0. The fourth-order valence-corrected chi connectivity index (χ4v) is 1.76. The molecule has 1 aromatic rings. The Hall–Kier alpha value is -0.580. The van der Waals surface area contributed by atoms with Crippen LogP contribution in [0.25, 0.3) is 0 Å². The lowest BCUT2D eigenvalue weighted by molar-refractivity contribution is 0.296. The van der Waals surface area contributed by atoms with Gasteiger partial charge in [0.2, 0.25) is 0 Å². The van der Waals surface area contributed by atoms with E-state index in [1.807, 2.05) is 25.3 Å². The largest absolute Gasteiger partial charge is 0.396 e. The summed E-state index contributed by atoms with van der Waals surface area (Å²) in [5.74, 6) is 0.904. The van der Waals surface area contributed by atoms with Gasteiger partial charge in [0.15, 0.2) is 0 Å². The van der Waals surface area contributed by atoms with Gasteiger partial charge in [0, 0.05) is 24.6 Å². The number of hydrogen-bond acceptors (Lipinski definition) is 4. The van der Waals surface area contributed by atoms with Crippen molar-refractivity contribution in [3.63, 3.8) is 0 Å². The third-order valence-electron chi connectivity index (χ3n) is 1.84. The van der Waals surface area contributed by atoms with Gasteiger partial charge in [-0.2, -0.15) is 0 Å². The third-order valence-corrected chi connectivity index (χ3v) is 2.87. The van der Waals surface area contributed by atoms with Crippen molar-refractivity contribution in [3.05, 3.63) is 23.9 Å². The molecule has 0 spiro atoms. The number of aliphatic hydroxyl groups is 1. The monoisotopic (exact) mass is 212 g/mol. The summed E-state index contributed by atoms with van der Waals surface area (Å²) in [6.45, 7) is 2.18. The molecule has 1 aromatic heterocycles. The van der Waals surface area contributed by atoms with Gasteiger partial charge in [-0.25, -0.2) is 4.98 Å². The van der Waals surface area contributed by atoms with Crippen molar-refractivity contribution in [1.29, 1.82) is 0 Å². The van der Waals surface area contributed by atoms with E-state index in [9.17, 15) is 0 Å². The van der Waals surface area contributed by atoms with E-state index in [2.05, 4.69) is 4.98 Å². The lowest BCUT2D eigenvalue weighted by Gasteiger charge is -2.05. The maximum atomic E-state index is 8.61. The van der Waals surface area contributed by atoms with Gasteiger partial charge in [-0.3, -0.25) is 0 Å². The Morgan fingerprint density at radius 3 is 2.86 bits per heavy atom. The van der Waals surface area contributed by atoms with Crippen molar-refractivity contribution < 1.29 is 5.11 Å². The van der Waals surface area contributed by atoms with Gasteiger partial charge >= 0.3 is 0 Å². The SMILES string of the molecule is CC(N)c1ccc(SCCCO)nc1. The zero-order valence-corrected chi connectivity index (χ0v) is 9.13. The highest BCUT2D eigenvalue weighted by molar-refractivity contribution is 7.99. The quantitative estimate of drug-likeness (QED) is 0.574. The molecule has 0 fully saturated rings. The van der Waals surface area contributed by atoms with Crippen LogP contribution in [0, 0.1) is 0 Å².